The van der Waals surface area contributed by atoms with Gasteiger partial charge in [-0.3, -0.25) is 4.79 Å². The van der Waals surface area contributed by atoms with Gasteiger partial charge in [0.25, 0.3) is 5.91 Å². The largest absolute Gasteiger partial charge is 0.423 e. The molecule has 0 aliphatic rings. The standard InChI is InChI=1S/C16H13N3O2S/c1-22-14-8-6-13(7-9-14)18-15(20)11-2-4-12(5-3-11)16-19-17-10-21-16/h2-10H,1H3,(H,18,20). The minimum absolute atomic E-state index is 0.158. The van der Waals surface area contributed by atoms with E-state index >= 15 is 0 Å². The number of nitrogens with one attached hydrogen (secondary N) is 1. The lowest BCUT2D eigenvalue weighted by molar-refractivity contribution is 0.102. The Bertz CT molecular complexity index is 753. The normalized spacial score (nSPS) is 10.4. The predicted molar refractivity (Wildman–Crippen MR) is 85.9 cm³/mol. The maximum atomic E-state index is 12.2. The van der Waals surface area contributed by atoms with E-state index in [4.69, 9.17) is 4.42 Å². The number of carbonyl (C=O) groups is 1. The topological polar surface area (TPSA) is 68.0 Å². The molecule has 0 atom stereocenters. The van der Waals surface area contributed by atoms with E-state index in [1.54, 1.807) is 36.0 Å². The number of anilines is 1. The van der Waals surface area contributed by atoms with Gasteiger partial charge in [-0.05, 0) is 54.8 Å². The van der Waals surface area contributed by atoms with E-state index in [1.807, 2.05) is 30.5 Å². The number of amides is 1. The van der Waals surface area contributed by atoms with Gasteiger partial charge in [0.05, 0.1) is 0 Å². The molecule has 1 amide bonds. The number of nitrogens with zero attached hydrogens (tertiary/aromatic N) is 2. The first-order valence-electron chi connectivity index (χ1n) is 6.58. The molecule has 6 heteroatoms. The van der Waals surface area contributed by atoms with Gasteiger partial charge in [0.2, 0.25) is 12.3 Å². The maximum Gasteiger partial charge on any atom is 0.255 e. The van der Waals surface area contributed by atoms with Crippen LogP contribution in [0.5, 0.6) is 0 Å². The fraction of sp³-hybridized carbons (Fsp3) is 0.0625. The molecule has 0 bridgehead atoms. The molecule has 0 saturated heterocycles. The molecule has 5 nitrogen and oxygen atoms in total. The molecule has 1 N–H and O–H groups in total. The van der Waals surface area contributed by atoms with Crippen LogP contribution in [0.15, 0.2) is 64.2 Å². The Labute approximate surface area is 131 Å². The zero-order chi connectivity index (χ0) is 15.4. The van der Waals surface area contributed by atoms with Gasteiger partial charge in [-0.1, -0.05) is 0 Å². The van der Waals surface area contributed by atoms with E-state index in [-0.39, 0.29) is 5.91 Å². The highest BCUT2D eigenvalue weighted by atomic mass is 32.2. The van der Waals surface area contributed by atoms with Crippen LogP contribution in [0.25, 0.3) is 11.5 Å². The van der Waals surface area contributed by atoms with Crippen molar-refractivity contribution in [2.45, 2.75) is 4.90 Å². The van der Waals surface area contributed by atoms with E-state index in [9.17, 15) is 4.79 Å². The molecule has 0 spiro atoms. The van der Waals surface area contributed by atoms with Gasteiger partial charge in [-0.15, -0.1) is 22.0 Å². The van der Waals surface area contributed by atoms with E-state index in [1.165, 1.54) is 6.39 Å². The Morgan fingerprint density at radius 2 is 1.82 bits per heavy atom. The highest BCUT2D eigenvalue weighted by Crippen LogP contribution is 2.19. The van der Waals surface area contributed by atoms with Gasteiger partial charge < -0.3 is 9.73 Å². The summed E-state index contributed by atoms with van der Waals surface area (Å²) < 4.78 is 5.11. The van der Waals surface area contributed by atoms with Gasteiger partial charge in [-0.25, -0.2) is 0 Å². The second-order valence-corrected chi connectivity index (χ2v) is 5.38. The van der Waals surface area contributed by atoms with Crippen LogP contribution < -0.4 is 5.32 Å². The number of hydrogen-bond donors (Lipinski definition) is 1. The van der Waals surface area contributed by atoms with Crippen LogP contribution in [0.3, 0.4) is 0 Å². The Balaban J connectivity index is 1.71. The number of rotatable bonds is 4. The number of carbonyl (C=O) groups excluding carboxylic acids is 1. The molecule has 0 unspecified atom stereocenters. The lowest BCUT2D eigenvalue weighted by Gasteiger charge is -2.06. The quantitative estimate of drug-likeness (QED) is 0.744. The maximum absolute atomic E-state index is 12.2. The molecule has 2 aromatic carbocycles. The van der Waals surface area contributed by atoms with Crippen molar-refractivity contribution in [1.29, 1.82) is 0 Å². The fourth-order valence-corrected chi connectivity index (χ4v) is 2.35. The lowest BCUT2D eigenvalue weighted by Crippen LogP contribution is -2.11. The Hall–Kier alpha value is -2.60. The molecule has 0 aliphatic carbocycles. The Morgan fingerprint density at radius 3 is 2.41 bits per heavy atom. The highest BCUT2D eigenvalue weighted by Gasteiger charge is 2.08. The second-order valence-electron chi connectivity index (χ2n) is 4.50. The number of benzene rings is 2. The van der Waals surface area contributed by atoms with E-state index in [0.29, 0.717) is 11.5 Å². The lowest BCUT2D eigenvalue weighted by atomic mass is 10.1. The summed E-state index contributed by atoms with van der Waals surface area (Å²) in [4.78, 5) is 13.4. The zero-order valence-corrected chi connectivity index (χ0v) is 12.6. The summed E-state index contributed by atoms with van der Waals surface area (Å²) in [6, 6.07) is 14.7. The minimum Gasteiger partial charge on any atom is -0.423 e. The van der Waals surface area contributed by atoms with E-state index in [0.717, 1.165) is 16.1 Å². The van der Waals surface area contributed by atoms with Crippen LogP contribution >= 0.6 is 11.8 Å². The molecule has 0 aliphatic heterocycles. The average molecular weight is 311 g/mol. The molecule has 1 aromatic heterocycles. The van der Waals surface area contributed by atoms with Crippen LogP contribution in [0.4, 0.5) is 5.69 Å². The summed E-state index contributed by atoms with van der Waals surface area (Å²) in [6.45, 7) is 0. The molecule has 0 fully saturated rings. The summed E-state index contributed by atoms with van der Waals surface area (Å²) in [5, 5.41) is 10.3. The van der Waals surface area contributed by atoms with Crippen LogP contribution in [-0.2, 0) is 0 Å². The van der Waals surface area contributed by atoms with Crippen molar-refractivity contribution in [2.75, 3.05) is 11.6 Å². The van der Waals surface area contributed by atoms with Crippen LogP contribution in [0, 0.1) is 0 Å². The first kappa shape index (κ1) is 14.3. The van der Waals surface area contributed by atoms with Gasteiger partial charge in [0.15, 0.2) is 0 Å². The van der Waals surface area contributed by atoms with Crippen LogP contribution in [0.1, 0.15) is 10.4 Å². The second kappa shape index (κ2) is 6.44. The minimum atomic E-state index is -0.158. The van der Waals surface area contributed by atoms with Crippen molar-refractivity contribution in [3.05, 3.63) is 60.5 Å². The average Bonchev–Trinajstić information content (AvgIpc) is 3.10. The van der Waals surface area contributed by atoms with Gasteiger partial charge in [0.1, 0.15) is 0 Å². The third-order valence-electron chi connectivity index (χ3n) is 3.10. The van der Waals surface area contributed by atoms with Crippen LogP contribution in [-0.4, -0.2) is 22.4 Å². The molecule has 1 heterocycles. The third-order valence-corrected chi connectivity index (χ3v) is 3.85. The van der Waals surface area contributed by atoms with E-state index in [2.05, 4.69) is 15.5 Å². The van der Waals surface area contributed by atoms with Crippen molar-refractivity contribution < 1.29 is 9.21 Å². The van der Waals surface area contributed by atoms with Gasteiger partial charge in [-0.2, -0.15) is 0 Å². The Morgan fingerprint density at radius 1 is 1.09 bits per heavy atom. The Kier molecular flexibility index (Phi) is 4.20. The summed E-state index contributed by atoms with van der Waals surface area (Å²) >= 11 is 1.66. The number of hydrogen-bond acceptors (Lipinski definition) is 5. The molecule has 0 saturated carbocycles. The zero-order valence-electron chi connectivity index (χ0n) is 11.8. The molecular weight excluding hydrogens is 298 g/mol. The van der Waals surface area contributed by atoms with Gasteiger partial charge in [0, 0.05) is 21.7 Å². The summed E-state index contributed by atoms with van der Waals surface area (Å²) in [6.07, 6.45) is 3.28. The van der Waals surface area contributed by atoms with E-state index < -0.39 is 0 Å². The van der Waals surface area contributed by atoms with Gasteiger partial charge >= 0.3 is 0 Å². The molecule has 110 valence electrons. The molecule has 3 rings (SSSR count). The predicted octanol–water partition coefficient (Wildman–Crippen LogP) is 3.71. The molecule has 3 aromatic rings. The van der Waals surface area contributed by atoms with Crippen LogP contribution in [0.2, 0.25) is 0 Å². The molecule has 0 radical (unpaired) electrons. The SMILES string of the molecule is CSc1ccc(NC(=O)c2ccc(-c3nnco3)cc2)cc1. The fourth-order valence-electron chi connectivity index (χ4n) is 1.94. The summed E-state index contributed by atoms with van der Waals surface area (Å²) in [5.74, 6) is 0.272. The van der Waals surface area contributed by atoms with Crippen molar-refractivity contribution in [2.24, 2.45) is 0 Å². The van der Waals surface area contributed by atoms with Crippen molar-refractivity contribution in [3.63, 3.8) is 0 Å². The number of thioether (sulfide) groups is 1. The third kappa shape index (κ3) is 3.17. The summed E-state index contributed by atoms with van der Waals surface area (Å²) in [5.41, 5.74) is 2.11. The van der Waals surface area contributed by atoms with Crippen molar-refractivity contribution >= 4 is 23.4 Å². The number of aromatic nitrogens is 2. The summed E-state index contributed by atoms with van der Waals surface area (Å²) in [7, 11) is 0. The van der Waals surface area contributed by atoms with Crippen molar-refractivity contribution in [1.82, 2.24) is 10.2 Å². The monoisotopic (exact) mass is 311 g/mol. The van der Waals surface area contributed by atoms with Crippen molar-refractivity contribution in [3.8, 4) is 11.5 Å². The molecule has 22 heavy (non-hydrogen) atoms. The first-order chi connectivity index (χ1) is 10.8. The smallest absolute Gasteiger partial charge is 0.255 e. The molecular formula is C16H13N3O2S. The first-order valence-corrected chi connectivity index (χ1v) is 7.81. The highest BCUT2D eigenvalue weighted by molar-refractivity contribution is 7.98.